The van der Waals surface area contributed by atoms with Gasteiger partial charge < -0.3 is 14.8 Å². The van der Waals surface area contributed by atoms with Crippen molar-refractivity contribution in [2.45, 2.75) is 6.61 Å². The monoisotopic (exact) mass is 184 g/mol. The zero-order valence-corrected chi connectivity index (χ0v) is 7.20. The molecule has 0 amide bonds. The number of hydrogen-bond acceptors (Lipinski definition) is 3. The Hall–Kier alpha value is -0.905. The molecule has 13 heavy (non-hydrogen) atoms. The molecule has 0 saturated heterocycles. The van der Waals surface area contributed by atoms with E-state index in [-0.39, 0.29) is 12.1 Å². The number of rotatable bonds is 3. The van der Waals surface area contributed by atoms with Crippen LogP contribution in [0.3, 0.4) is 0 Å². The molecule has 2 N–H and O–H groups in total. The van der Waals surface area contributed by atoms with E-state index in [0.29, 0.717) is 5.56 Å². The standard InChI is InChI=1S/C8H10BFO3/c1-13-5-6-2-3-7(10)4-8(6)9(11)12/h2-4,11-12H,5H2,1H3. The Morgan fingerprint density at radius 1 is 1.46 bits per heavy atom. The van der Waals surface area contributed by atoms with Gasteiger partial charge >= 0.3 is 7.12 Å². The number of benzene rings is 1. The first-order chi connectivity index (χ1) is 6.15. The fourth-order valence-corrected chi connectivity index (χ4v) is 1.09. The first kappa shape index (κ1) is 10.2. The van der Waals surface area contributed by atoms with Crippen molar-refractivity contribution in [1.29, 1.82) is 0 Å². The van der Waals surface area contributed by atoms with Crippen LogP contribution in [0.4, 0.5) is 4.39 Å². The van der Waals surface area contributed by atoms with Crippen LogP contribution in [-0.4, -0.2) is 24.3 Å². The summed E-state index contributed by atoms with van der Waals surface area (Å²) in [6.45, 7) is 0.229. The van der Waals surface area contributed by atoms with Crippen molar-refractivity contribution in [3.8, 4) is 0 Å². The molecule has 5 heteroatoms. The molecule has 1 aromatic rings. The minimum atomic E-state index is -1.67. The highest BCUT2D eigenvalue weighted by Crippen LogP contribution is 2.02. The maximum Gasteiger partial charge on any atom is 0.488 e. The molecular formula is C8H10BFO3. The average molecular weight is 184 g/mol. The summed E-state index contributed by atoms with van der Waals surface area (Å²) in [5.74, 6) is -0.497. The molecule has 0 heterocycles. The summed E-state index contributed by atoms with van der Waals surface area (Å²) in [6.07, 6.45) is 0. The van der Waals surface area contributed by atoms with E-state index in [1.165, 1.54) is 19.2 Å². The second kappa shape index (κ2) is 4.36. The lowest BCUT2D eigenvalue weighted by atomic mass is 9.77. The summed E-state index contributed by atoms with van der Waals surface area (Å²) in [6, 6.07) is 3.80. The molecule has 3 nitrogen and oxygen atoms in total. The summed E-state index contributed by atoms with van der Waals surface area (Å²) in [5, 5.41) is 17.8. The number of methoxy groups -OCH3 is 1. The summed E-state index contributed by atoms with van der Waals surface area (Å²) in [5.41, 5.74) is 0.709. The molecule has 0 saturated carbocycles. The van der Waals surface area contributed by atoms with Crippen LogP contribution in [-0.2, 0) is 11.3 Å². The predicted molar refractivity (Wildman–Crippen MR) is 46.9 cm³/mol. The van der Waals surface area contributed by atoms with Crippen molar-refractivity contribution in [3.63, 3.8) is 0 Å². The van der Waals surface area contributed by atoms with Gasteiger partial charge in [-0.05, 0) is 23.2 Å². The van der Waals surface area contributed by atoms with E-state index in [9.17, 15) is 4.39 Å². The molecule has 0 aromatic heterocycles. The molecule has 0 atom stereocenters. The van der Waals surface area contributed by atoms with Crippen LogP contribution in [0.1, 0.15) is 5.56 Å². The normalized spacial score (nSPS) is 10.2. The lowest BCUT2D eigenvalue weighted by molar-refractivity contribution is 0.185. The second-order valence-corrected chi connectivity index (χ2v) is 2.65. The summed E-state index contributed by atoms with van der Waals surface area (Å²) >= 11 is 0. The third-order valence-electron chi connectivity index (χ3n) is 1.69. The second-order valence-electron chi connectivity index (χ2n) is 2.65. The molecule has 0 fully saturated rings. The molecule has 0 radical (unpaired) electrons. The first-order valence-electron chi connectivity index (χ1n) is 3.78. The van der Waals surface area contributed by atoms with Gasteiger partial charge in [-0.3, -0.25) is 0 Å². The van der Waals surface area contributed by atoms with E-state index >= 15 is 0 Å². The van der Waals surface area contributed by atoms with Crippen LogP contribution in [0.15, 0.2) is 18.2 Å². The van der Waals surface area contributed by atoms with Crippen LogP contribution in [0.5, 0.6) is 0 Å². The SMILES string of the molecule is COCc1ccc(F)cc1B(O)O. The van der Waals surface area contributed by atoms with E-state index in [0.717, 1.165) is 6.07 Å². The summed E-state index contributed by atoms with van der Waals surface area (Å²) in [4.78, 5) is 0. The van der Waals surface area contributed by atoms with Gasteiger partial charge in [0.05, 0.1) is 6.61 Å². The van der Waals surface area contributed by atoms with E-state index in [2.05, 4.69) is 0 Å². The Morgan fingerprint density at radius 2 is 2.15 bits per heavy atom. The zero-order chi connectivity index (χ0) is 9.84. The van der Waals surface area contributed by atoms with Gasteiger partial charge in [0, 0.05) is 7.11 Å². The highest BCUT2D eigenvalue weighted by molar-refractivity contribution is 6.59. The summed E-state index contributed by atoms with van der Waals surface area (Å²) in [7, 11) is -0.183. The van der Waals surface area contributed by atoms with Crippen molar-refractivity contribution in [1.82, 2.24) is 0 Å². The van der Waals surface area contributed by atoms with Crippen LogP contribution < -0.4 is 5.46 Å². The maximum atomic E-state index is 12.7. The molecule has 0 aliphatic heterocycles. The fourth-order valence-electron chi connectivity index (χ4n) is 1.09. The van der Waals surface area contributed by atoms with E-state index in [4.69, 9.17) is 14.8 Å². The molecule has 1 rings (SSSR count). The Morgan fingerprint density at radius 3 is 2.69 bits per heavy atom. The van der Waals surface area contributed by atoms with Gasteiger partial charge in [0.2, 0.25) is 0 Å². The van der Waals surface area contributed by atoms with Crippen molar-refractivity contribution < 1.29 is 19.2 Å². The number of hydrogen-bond donors (Lipinski definition) is 2. The van der Waals surface area contributed by atoms with Crippen LogP contribution >= 0.6 is 0 Å². The lowest BCUT2D eigenvalue weighted by Crippen LogP contribution is -2.33. The zero-order valence-electron chi connectivity index (χ0n) is 7.20. The molecule has 0 aliphatic rings. The van der Waals surface area contributed by atoms with Gasteiger partial charge in [-0.15, -0.1) is 0 Å². The van der Waals surface area contributed by atoms with Crippen molar-refractivity contribution in [2.24, 2.45) is 0 Å². The van der Waals surface area contributed by atoms with Crippen molar-refractivity contribution in [3.05, 3.63) is 29.6 Å². The van der Waals surface area contributed by atoms with Crippen LogP contribution in [0, 0.1) is 5.82 Å². The molecule has 70 valence electrons. The van der Waals surface area contributed by atoms with Crippen LogP contribution in [0.25, 0.3) is 0 Å². The van der Waals surface area contributed by atoms with E-state index < -0.39 is 12.9 Å². The average Bonchev–Trinajstić information content (AvgIpc) is 2.08. The Bertz CT molecular complexity index is 291. The van der Waals surface area contributed by atoms with Gasteiger partial charge in [-0.25, -0.2) is 4.39 Å². The fraction of sp³-hybridized carbons (Fsp3) is 0.250. The quantitative estimate of drug-likeness (QED) is 0.631. The Kier molecular flexibility index (Phi) is 3.42. The minimum Gasteiger partial charge on any atom is -0.423 e. The molecule has 0 bridgehead atoms. The third kappa shape index (κ3) is 2.52. The van der Waals surface area contributed by atoms with E-state index in [1.807, 2.05) is 0 Å². The Balaban J connectivity index is 3.03. The Labute approximate surface area is 75.9 Å². The highest BCUT2D eigenvalue weighted by Gasteiger charge is 2.16. The van der Waals surface area contributed by atoms with Crippen LogP contribution in [0.2, 0.25) is 0 Å². The molecule has 0 spiro atoms. The lowest BCUT2D eigenvalue weighted by Gasteiger charge is -2.07. The van der Waals surface area contributed by atoms with Gasteiger partial charge in [0.1, 0.15) is 5.82 Å². The van der Waals surface area contributed by atoms with Gasteiger partial charge in [0.15, 0.2) is 0 Å². The minimum absolute atomic E-state index is 0.141. The largest absolute Gasteiger partial charge is 0.488 e. The van der Waals surface area contributed by atoms with Crippen molar-refractivity contribution in [2.75, 3.05) is 7.11 Å². The van der Waals surface area contributed by atoms with Gasteiger partial charge in [-0.1, -0.05) is 6.07 Å². The molecule has 1 aromatic carbocycles. The van der Waals surface area contributed by atoms with E-state index in [1.54, 1.807) is 0 Å². The van der Waals surface area contributed by atoms with Crippen molar-refractivity contribution >= 4 is 12.6 Å². The number of halogens is 1. The smallest absolute Gasteiger partial charge is 0.423 e. The number of ether oxygens (including phenoxy) is 1. The maximum absolute atomic E-state index is 12.7. The third-order valence-corrected chi connectivity index (χ3v) is 1.69. The topological polar surface area (TPSA) is 49.7 Å². The summed E-state index contributed by atoms with van der Waals surface area (Å²) < 4.78 is 17.5. The molecular weight excluding hydrogens is 174 g/mol. The van der Waals surface area contributed by atoms with Gasteiger partial charge in [-0.2, -0.15) is 0 Å². The predicted octanol–water partition coefficient (Wildman–Crippen LogP) is -0.348. The van der Waals surface area contributed by atoms with Gasteiger partial charge in [0.25, 0.3) is 0 Å². The molecule has 0 aliphatic carbocycles. The molecule has 0 unspecified atom stereocenters. The highest BCUT2D eigenvalue weighted by atomic mass is 19.1. The first-order valence-corrected chi connectivity index (χ1v) is 3.78.